The standard InChI is InChI=1S/C13H12N2O2S2/c1-19(16,17)7-6-18-13-10(8-14)9-15-12-5-3-2-4-11(12)13/h2-5,9H,6-7H2,1H3. The van der Waals surface area contributed by atoms with Gasteiger partial charge in [0, 0.05) is 28.5 Å². The number of sulfone groups is 1. The van der Waals surface area contributed by atoms with Crippen LogP contribution in [0, 0.1) is 11.3 Å². The fourth-order valence-corrected chi connectivity index (χ4v) is 3.98. The smallest absolute Gasteiger partial charge is 0.148 e. The van der Waals surface area contributed by atoms with Crippen molar-refractivity contribution in [2.45, 2.75) is 4.90 Å². The SMILES string of the molecule is CS(=O)(=O)CCSc1c(C#N)cnc2ccccc12. The summed E-state index contributed by atoms with van der Waals surface area (Å²) in [6, 6.07) is 9.63. The summed E-state index contributed by atoms with van der Waals surface area (Å²) in [4.78, 5) is 5.02. The first-order valence-electron chi connectivity index (χ1n) is 5.59. The molecule has 0 amide bonds. The molecule has 6 heteroatoms. The monoisotopic (exact) mass is 292 g/mol. The van der Waals surface area contributed by atoms with Gasteiger partial charge in [0.05, 0.1) is 16.8 Å². The van der Waals surface area contributed by atoms with Gasteiger partial charge in [-0.25, -0.2) is 8.42 Å². The largest absolute Gasteiger partial charge is 0.255 e. The Bertz CT molecular complexity index is 749. The molecule has 0 aliphatic heterocycles. The lowest BCUT2D eigenvalue weighted by molar-refractivity contribution is 0.603. The quantitative estimate of drug-likeness (QED) is 0.808. The molecular formula is C13H12N2O2S2. The minimum atomic E-state index is -2.99. The highest BCUT2D eigenvalue weighted by atomic mass is 32.2. The third kappa shape index (κ3) is 3.46. The predicted octanol–water partition coefficient (Wildman–Crippen LogP) is 2.24. The number of para-hydroxylation sites is 1. The van der Waals surface area contributed by atoms with Crippen molar-refractivity contribution in [3.63, 3.8) is 0 Å². The van der Waals surface area contributed by atoms with E-state index in [1.807, 2.05) is 24.3 Å². The second-order valence-electron chi connectivity index (χ2n) is 4.11. The number of nitriles is 1. The number of fused-ring (bicyclic) bond motifs is 1. The highest BCUT2D eigenvalue weighted by Gasteiger charge is 2.10. The Morgan fingerprint density at radius 1 is 1.37 bits per heavy atom. The van der Waals surface area contributed by atoms with Gasteiger partial charge in [0.2, 0.25) is 0 Å². The van der Waals surface area contributed by atoms with Crippen molar-refractivity contribution in [2.24, 2.45) is 0 Å². The Morgan fingerprint density at radius 3 is 2.79 bits per heavy atom. The van der Waals surface area contributed by atoms with Crippen molar-refractivity contribution in [1.82, 2.24) is 4.98 Å². The first-order valence-corrected chi connectivity index (χ1v) is 8.64. The molecule has 19 heavy (non-hydrogen) atoms. The summed E-state index contributed by atoms with van der Waals surface area (Å²) in [6.07, 6.45) is 2.74. The van der Waals surface area contributed by atoms with Crippen LogP contribution in [0.1, 0.15) is 5.56 Å². The zero-order valence-electron chi connectivity index (χ0n) is 10.3. The third-order valence-electron chi connectivity index (χ3n) is 2.55. The molecule has 2 aromatic rings. The average Bonchev–Trinajstić information content (AvgIpc) is 2.37. The molecule has 0 fully saturated rings. The van der Waals surface area contributed by atoms with E-state index < -0.39 is 9.84 Å². The first-order chi connectivity index (χ1) is 9.01. The molecule has 1 aromatic carbocycles. The lowest BCUT2D eigenvalue weighted by Crippen LogP contribution is -2.05. The summed E-state index contributed by atoms with van der Waals surface area (Å²) in [5, 5.41) is 10.0. The molecule has 0 N–H and O–H groups in total. The van der Waals surface area contributed by atoms with Gasteiger partial charge in [-0.3, -0.25) is 4.98 Å². The minimum absolute atomic E-state index is 0.0964. The van der Waals surface area contributed by atoms with E-state index in [-0.39, 0.29) is 5.75 Å². The second-order valence-corrected chi connectivity index (χ2v) is 7.47. The Morgan fingerprint density at radius 2 is 2.11 bits per heavy atom. The maximum Gasteiger partial charge on any atom is 0.148 e. The van der Waals surface area contributed by atoms with Gasteiger partial charge >= 0.3 is 0 Å². The van der Waals surface area contributed by atoms with Gasteiger partial charge in [0.15, 0.2) is 0 Å². The molecule has 2 rings (SSSR count). The van der Waals surface area contributed by atoms with E-state index in [0.717, 1.165) is 15.8 Å². The van der Waals surface area contributed by atoms with Gasteiger partial charge < -0.3 is 0 Å². The van der Waals surface area contributed by atoms with Gasteiger partial charge in [-0.05, 0) is 6.07 Å². The zero-order chi connectivity index (χ0) is 13.9. The van der Waals surface area contributed by atoms with Crippen molar-refractivity contribution in [2.75, 3.05) is 17.8 Å². The summed E-state index contributed by atoms with van der Waals surface area (Å²) in [6.45, 7) is 0. The molecule has 0 saturated carbocycles. The van der Waals surface area contributed by atoms with Crippen LogP contribution in [0.2, 0.25) is 0 Å². The number of nitrogens with zero attached hydrogens (tertiary/aromatic N) is 2. The number of aromatic nitrogens is 1. The molecule has 1 heterocycles. The lowest BCUT2D eigenvalue weighted by atomic mass is 10.2. The number of pyridine rings is 1. The topological polar surface area (TPSA) is 70.8 Å². The maximum atomic E-state index is 11.1. The molecule has 1 aromatic heterocycles. The summed E-state index contributed by atoms with van der Waals surface area (Å²) in [5.74, 6) is 0.528. The summed E-state index contributed by atoms with van der Waals surface area (Å²) >= 11 is 1.39. The molecule has 0 saturated heterocycles. The molecule has 98 valence electrons. The van der Waals surface area contributed by atoms with Crippen molar-refractivity contribution in [1.29, 1.82) is 5.26 Å². The van der Waals surface area contributed by atoms with E-state index in [2.05, 4.69) is 11.1 Å². The van der Waals surface area contributed by atoms with Crippen LogP contribution in [0.5, 0.6) is 0 Å². The normalized spacial score (nSPS) is 11.4. The first kappa shape index (κ1) is 13.8. The van der Waals surface area contributed by atoms with Crippen molar-refractivity contribution in [3.05, 3.63) is 36.0 Å². The van der Waals surface area contributed by atoms with E-state index in [0.29, 0.717) is 11.3 Å². The molecule has 0 bridgehead atoms. The van der Waals surface area contributed by atoms with Crippen LogP contribution in [-0.2, 0) is 9.84 Å². The number of benzene rings is 1. The number of hydrogen-bond acceptors (Lipinski definition) is 5. The fourth-order valence-electron chi connectivity index (χ4n) is 1.65. The number of rotatable bonds is 4. The van der Waals surface area contributed by atoms with Gasteiger partial charge in [0.25, 0.3) is 0 Å². The molecule has 0 atom stereocenters. The zero-order valence-corrected chi connectivity index (χ0v) is 12.0. The third-order valence-corrected chi connectivity index (χ3v) is 4.89. The van der Waals surface area contributed by atoms with Gasteiger partial charge in [-0.2, -0.15) is 5.26 Å². The van der Waals surface area contributed by atoms with E-state index in [1.165, 1.54) is 24.2 Å². The molecule has 4 nitrogen and oxygen atoms in total. The highest BCUT2D eigenvalue weighted by molar-refractivity contribution is 8.00. The number of thioether (sulfide) groups is 1. The predicted molar refractivity (Wildman–Crippen MR) is 76.9 cm³/mol. The van der Waals surface area contributed by atoms with E-state index >= 15 is 0 Å². The molecular weight excluding hydrogens is 280 g/mol. The van der Waals surface area contributed by atoms with Crippen molar-refractivity contribution in [3.8, 4) is 6.07 Å². The van der Waals surface area contributed by atoms with E-state index in [9.17, 15) is 8.42 Å². The van der Waals surface area contributed by atoms with Crippen LogP contribution in [0.15, 0.2) is 35.4 Å². The average molecular weight is 292 g/mol. The Kier molecular flexibility index (Phi) is 4.08. The fraction of sp³-hybridized carbons (Fsp3) is 0.231. The Labute approximate surface area is 116 Å². The molecule has 0 radical (unpaired) electrons. The van der Waals surface area contributed by atoms with Crippen LogP contribution in [0.4, 0.5) is 0 Å². The number of hydrogen-bond donors (Lipinski definition) is 0. The molecule has 0 unspecified atom stereocenters. The Balaban J connectivity index is 2.37. The molecule has 0 spiro atoms. The van der Waals surface area contributed by atoms with Crippen LogP contribution in [-0.4, -0.2) is 31.2 Å². The van der Waals surface area contributed by atoms with Crippen LogP contribution >= 0.6 is 11.8 Å². The summed E-state index contributed by atoms with van der Waals surface area (Å²) in [7, 11) is -2.99. The maximum absolute atomic E-state index is 11.1. The molecule has 0 aliphatic rings. The van der Waals surface area contributed by atoms with Crippen molar-refractivity contribution >= 4 is 32.5 Å². The van der Waals surface area contributed by atoms with Crippen LogP contribution in [0.25, 0.3) is 10.9 Å². The van der Waals surface area contributed by atoms with Crippen LogP contribution < -0.4 is 0 Å². The second kappa shape index (κ2) is 5.59. The summed E-state index contributed by atoms with van der Waals surface area (Å²) in [5.41, 5.74) is 1.29. The lowest BCUT2D eigenvalue weighted by Gasteiger charge is -2.07. The highest BCUT2D eigenvalue weighted by Crippen LogP contribution is 2.29. The van der Waals surface area contributed by atoms with Crippen molar-refractivity contribution < 1.29 is 8.42 Å². The van der Waals surface area contributed by atoms with E-state index in [4.69, 9.17) is 5.26 Å². The molecule has 0 aliphatic carbocycles. The van der Waals surface area contributed by atoms with E-state index in [1.54, 1.807) is 0 Å². The van der Waals surface area contributed by atoms with Gasteiger partial charge in [0.1, 0.15) is 15.9 Å². The Hall–Kier alpha value is -1.58. The summed E-state index contributed by atoms with van der Waals surface area (Å²) < 4.78 is 22.3. The minimum Gasteiger partial charge on any atom is -0.255 e. The van der Waals surface area contributed by atoms with Gasteiger partial charge in [-0.1, -0.05) is 18.2 Å². The van der Waals surface area contributed by atoms with Gasteiger partial charge in [-0.15, -0.1) is 11.8 Å². The van der Waals surface area contributed by atoms with Crippen LogP contribution in [0.3, 0.4) is 0 Å².